The van der Waals surface area contributed by atoms with Crippen LogP contribution in [-0.2, 0) is 4.74 Å². The largest absolute Gasteiger partial charge is 0.385 e. The zero-order chi connectivity index (χ0) is 13.4. The molecular weight excluding hydrogens is 232 g/mol. The molecule has 0 saturated carbocycles. The van der Waals surface area contributed by atoms with Crippen LogP contribution in [0.25, 0.3) is 0 Å². The molecule has 3 N–H and O–H groups in total. The number of hydrogen-bond acceptors (Lipinski definition) is 7. The van der Waals surface area contributed by atoms with Gasteiger partial charge in [0.1, 0.15) is 0 Å². The number of nitrogens with zero attached hydrogens (tertiary/aromatic N) is 4. The monoisotopic (exact) mass is 254 g/mol. The third-order valence-corrected chi connectivity index (χ3v) is 2.50. The number of nitrogens with one attached hydrogen (secondary N) is 1. The van der Waals surface area contributed by atoms with E-state index in [1.807, 2.05) is 4.90 Å². The van der Waals surface area contributed by atoms with E-state index in [2.05, 4.69) is 34.1 Å². The average molecular weight is 254 g/mol. The molecule has 0 saturated heterocycles. The molecule has 0 aliphatic rings. The lowest BCUT2D eigenvalue weighted by Crippen LogP contribution is -2.25. The minimum absolute atomic E-state index is 0.237. The zero-order valence-corrected chi connectivity index (χ0v) is 11.3. The Morgan fingerprint density at radius 2 is 1.94 bits per heavy atom. The van der Waals surface area contributed by atoms with Gasteiger partial charge in [-0.25, -0.2) is 0 Å². The molecule has 7 heteroatoms. The van der Waals surface area contributed by atoms with Gasteiger partial charge in [0.25, 0.3) is 0 Å². The summed E-state index contributed by atoms with van der Waals surface area (Å²) in [6.07, 6.45) is 0.892. The molecule has 1 heterocycles. The number of ether oxygens (including phenoxy) is 1. The van der Waals surface area contributed by atoms with Crippen LogP contribution in [0.3, 0.4) is 0 Å². The van der Waals surface area contributed by atoms with E-state index in [1.165, 1.54) is 0 Å². The number of aromatic nitrogens is 3. The highest BCUT2D eigenvalue weighted by atomic mass is 16.5. The van der Waals surface area contributed by atoms with Gasteiger partial charge in [0.2, 0.25) is 17.8 Å². The topological polar surface area (TPSA) is 89.2 Å². The van der Waals surface area contributed by atoms with Crippen LogP contribution in [0.5, 0.6) is 0 Å². The second-order valence-electron chi connectivity index (χ2n) is 3.76. The van der Waals surface area contributed by atoms with Gasteiger partial charge < -0.3 is 20.7 Å². The first-order chi connectivity index (χ1) is 8.71. The zero-order valence-electron chi connectivity index (χ0n) is 11.3. The van der Waals surface area contributed by atoms with Gasteiger partial charge in [-0.15, -0.1) is 0 Å². The maximum Gasteiger partial charge on any atom is 0.231 e. The van der Waals surface area contributed by atoms with Crippen LogP contribution >= 0.6 is 0 Å². The fourth-order valence-corrected chi connectivity index (χ4v) is 1.52. The molecule has 1 rings (SSSR count). The molecule has 0 spiro atoms. The number of rotatable bonds is 8. The maximum atomic E-state index is 5.68. The first-order valence-electron chi connectivity index (χ1n) is 6.20. The second kappa shape index (κ2) is 7.65. The number of hydrogen-bond donors (Lipinski definition) is 2. The fourth-order valence-electron chi connectivity index (χ4n) is 1.52. The summed E-state index contributed by atoms with van der Waals surface area (Å²) in [5.41, 5.74) is 5.68. The van der Waals surface area contributed by atoms with E-state index in [4.69, 9.17) is 10.5 Å². The second-order valence-corrected chi connectivity index (χ2v) is 3.76. The Hall–Kier alpha value is -1.63. The predicted molar refractivity (Wildman–Crippen MR) is 72.8 cm³/mol. The minimum atomic E-state index is 0.237. The van der Waals surface area contributed by atoms with Crippen molar-refractivity contribution in [1.29, 1.82) is 0 Å². The van der Waals surface area contributed by atoms with Crippen molar-refractivity contribution in [2.45, 2.75) is 20.3 Å². The van der Waals surface area contributed by atoms with E-state index in [0.29, 0.717) is 18.5 Å². The van der Waals surface area contributed by atoms with Gasteiger partial charge in [-0.2, -0.15) is 15.0 Å². The molecule has 0 bridgehead atoms. The number of nitrogens with two attached hydrogens (primary N) is 1. The molecule has 1 aromatic rings. The van der Waals surface area contributed by atoms with Crippen LogP contribution in [0, 0.1) is 0 Å². The normalized spacial score (nSPS) is 10.4. The Morgan fingerprint density at radius 1 is 1.22 bits per heavy atom. The van der Waals surface area contributed by atoms with Crippen molar-refractivity contribution in [2.24, 2.45) is 0 Å². The summed E-state index contributed by atoms with van der Waals surface area (Å²) in [6, 6.07) is 0. The van der Waals surface area contributed by atoms with Crippen molar-refractivity contribution in [3.63, 3.8) is 0 Å². The van der Waals surface area contributed by atoms with E-state index in [1.54, 1.807) is 7.11 Å². The Bertz CT molecular complexity index is 355. The summed E-state index contributed by atoms with van der Waals surface area (Å²) in [5, 5.41) is 3.11. The van der Waals surface area contributed by atoms with E-state index in [0.717, 1.165) is 26.1 Å². The maximum absolute atomic E-state index is 5.68. The summed E-state index contributed by atoms with van der Waals surface area (Å²) < 4.78 is 4.97. The van der Waals surface area contributed by atoms with Gasteiger partial charge in [-0.05, 0) is 20.3 Å². The van der Waals surface area contributed by atoms with Gasteiger partial charge in [-0.1, -0.05) is 0 Å². The third-order valence-electron chi connectivity index (χ3n) is 2.50. The lowest BCUT2D eigenvalue weighted by Gasteiger charge is -2.18. The Labute approximate surface area is 108 Å². The molecule has 1 aromatic heterocycles. The summed E-state index contributed by atoms with van der Waals surface area (Å²) in [4.78, 5) is 14.6. The average Bonchev–Trinajstić information content (AvgIpc) is 2.36. The van der Waals surface area contributed by atoms with Crippen molar-refractivity contribution in [3.05, 3.63) is 0 Å². The summed E-state index contributed by atoms with van der Waals surface area (Å²) >= 11 is 0. The summed E-state index contributed by atoms with van der Waals surface area (Å²) in [7, 11) is 1.68. The van der Waals surface area contributed by atoms with Crippen molar-refractivity contribution in [1.82, 2.24) is 15.0 Å². The first-order valence-corrected chi connectivity index (χ1v) is 6.20. The van der Waals surface area contributed by atoms with Gasteiger partial charge in [0, 0.05) is 33.4 Å². The van der Waals surface area contributed by atoms with Crippen LogP contribution in [-0.4, -0.2) is 48.3 Å². The van der Waals surface area contributed by atoms with Gasteiger partial charge in [0.15, 0.2) is 0 Å². The molecule has 7 nitrogen and oxygen atoms in total. The molecule has 0 aliphatic carbocycles. The number of nitrogen functional groups attached to an aromatic ring is 1. The van der Waals surface area contributed by atoms with Crippen LogP contribution < -0.4 is 16.0 Å². The van der Waals surface area contributed by atoms with Gasteiger partial charge in [-0.3, -0.25) is 0 Å². The first kappa shape index (κ1) is 14.4. The van der Waals surface area contributed by atoms with Crippen molar-refractivity contribution in [3.8, 4) is 0 Å². The molecule has 0 aromatic carbocycles. The Morgan fingerprint density at radius 3 is 2.56 bits per heavy atom. The van der Waals surface area contributed by atoms with Crippen molar-refractivity contribution in [2.75, 3.05) is 49.3 Å². The van der Waals surface area contributed by atoms with Crippen molar-refractivity contribution >= 4 is 17.8 Å². The van der Waals surface area contributed by atoms with Crippen LogP contribution in [0.15, 0.2) is 0 Å². The standard InChI is InChI=1S/C11H22N6O/c1-4-17(5-2)11-15-9(12)14-10(16-11)13-7-6-8-18-3/h4-8H2,1-3H3,(H3,12,13,14,15,16). The number of anilines is 3. The smallest absolute Gasteiger partial charge is 0.231 e. The molecule has 0 unspecified atom stereocenters. The molecule has 18 heavy (non-hydrogen) atoms. The van der Waals surface area contributed by atoms with Crippen LogP contribution in [0.4, 0.5) is 17.8 Å². The number of methoxy groups -OCH3 is 1. The third kappa shape index (κ3) is 4.33. The fraction of sp³-hybridized carbons (Fsp3) is 0.727. The minimum Gasteiger partial charge on any atom is -0.385 e. The molecule has 0 fully saturated rings. The van der Waals surface area contributed by atoms with E-state index >= 15 is 0 Å². The molecule has 0 amide bonds. The van der Waals surface area contributed by atoms with E-state index < -0.39 is 0 Å². The highest BCUT2D eigenvalue weighted by molar-refractivity contribution is 5.41. The van der Waals surface area contributed by atoms with Gasteiger partial charge in [0.05, 0.1) is 0 Å². The van der Waals surface area contributed by atoms with Crippen LogP contribution in [0.2, 0.25) is 0 Å². The Kier molecular flexibility index (Phi) is 6.13. The summed E-state index contributed by atoms with van der Waals surface area (Å²) in [5.74, 6) is 1.36. The molecular formula is C11H22N6O. The SMILES string of the molecule is CCN(CC)c1nc(N)nc(NCCCOC)n1. The Balaban J connectivity index is 2.68. The van der Waals surface area contributed by atoms with Crippen molar-refractivity contribution < 1.29 is 4.74 Å². The predicted octanol–water partition coefficient (Wildman–Crippen LogP) is 0.748. The molecule has 0 radical (unpaired) electrons. The molecule has 0 aliphatic heterocycles. The lowest BCUT2D eigenvalue weighted by atomic mass is 10.4. The molecule has 0 atom stereocenters. The lowest BCUT2D eigenvalue weighted by molar-refractivity contribution is 0.197. The molecule has 102 valence electrons. The van der Waals surface area contributed by atoms with Crippen LogP contribution in [0.1, 0.15) is 20.3 Å². The van der Waals surface area contributed by atoms with E-state index in [9.17, 15) is 0 Å². The summed E-state index contributed by atoms with van der Waals surface area (Å²) in [6.45, 7) is 7.22. The highest BCUT2D eigenvalue weighted by Crippen LogP contribution is 2.11. The van der Waals surface area contributed by atoms with Gasteiger partial charge >= 0.3 is 0 Å². The quantitative estimate of drug-likeness (QED) is 0.661. The highest BCUT2D eigenvalue weighted by Gasteiger charge is 2.09. The van der Waals surface area contributed by atoms with E-state index in [-0.39, 0.29) is 5.95 Å².